The fraction of sp³-hybridized carbons (Fsp3) is 0.611. The summed E-state index contributed by atoms with van der Waals surface area (Å²) in [6.07, 6.45) is 5.18. The lowest BCUT2D eigenvalue weighted by molar-refractivity contribution is -0.130. The van der Waals surface area contributed by atoms with E-state index < -0.39 is 0 Å². The molecule has 0 bridgehead atoms. The van der Waals surface area contributed by atoms with Crippen molar-refractivity contribution in [1.29, 1.82) is 0 Å². The van der Waals surface area contributed by atoms with E-state index in [-0.39, 0.29) is 0 Å². The van der Waals surface area contributed by atoms with E-state index in [1.54, 1.807) is 0 Å². The summed E-state index contributed by atoms with van der Waals surface area (Å²) >= 11 is 0. The van der Waals surface area contributed by atoms with Gasteiger partial charge in [-0.2, -0.15) is 0 Å². The Labute approximate surface area is 127 Å². The molecule has 2 saturated heterocycles. The molecule has 2 fully saturated rings. The van der Waals surface area contributed by atoms with Crippen LogP contribution in [0.2, 0.25) is 0 Å². The third-order valence-electron chi connectivity index (χ3n) is 5.20. The maximum atomic E-state index is 12.4. The van der Waals surface area contributed by atoms with Crippen LogP contribution in [-0.4, -0.2) is 37.0 Å². The quantitative estimate of drug-likeness (QED) is 0.926. The van der Waals surface area contributed by atoms with Crippen molar-refractivity contribution >= 4 is 5.91 Å². The number of amides is 1. The number of nitrogens with one attached hydrogen (secondary N) is 1. The number of aryl methyl sites for hydroxylation is 2. The Bertz CT molecular complexity index is 488. The number of rotatable bonds is 3. The van der Waals surface area contributed by atoms with Gasteiger partial charge in [0.25, 0.3) is 0 Å². The molecule has 0 unspecified atom stereocenters. The first-order valence-electron chi connectivity index (χ1n) is 8.21. The molecule has 1 aromatic carbocycles. The first kappa shape index (κ1) is 14.6. The van der Waals surface area contributed by atoms with Gasteiger partial charge in [0.15, 0.2) is 0 Å². The molecular weight excluding hydrogens is 260 g/mol. The predicted molar refractivity (Wildman–Crippen MR) is 85.2 cm³/mol. The average molecular weight is 286 g/mol. The van der Waals surface area contributed by atoms with Gasteiger partial charge in [-0.15, -0.1) is 0 Å². The van der Waals surface area contributed by atoms with Crippen LogP contribution >= 0.6 is 0 Å². The minimum absolute atomic E-state index is 0.339. The number of nitrogens with zero attached hydrogens (tertiary/aromatic N) is 1. The van der Waals surface area contributed by atoms with Crippen LogP contribution in [-0.2, 0) is 11.2 Å². The van der Waals surface area contributed by atoms with E-state index in [0.717, 1.165) is 32.6 Å². The van der Waals surface area contributed by atoms with Gasteiger partial charge in [0.1, 0.15) is 0 Å². The van der Waals surface area contributed by atoms with Crippen LogP contribution in [0, 0.1) is 12.3 Å². The van der Waals surface area contributed by atoms with Gasteiger partial charge in [-0.1, -0.05) is 29.8 Å². The zero-order chi connectivity index (χ0) is 14.7. The largest absolute Gasteiger partial charge is 0.342 e. The van der Waals surface area contributed by atoms with E-state index in [1.807, 2.05) is 0 Å². The Morgan fingerprint density at radius 2 is 1.90 bits per heavy atom. The Balaban J connectivity index is 1.51. The van der Waals surface area contributed by atoms with E-state index in [0.29, 0.717) is 17.7 Å². The normalized spacial score (nSPS) is 20.9. The molecule has 21 heavy (non-hydrogen) atoms. The lowest BCUT2D eigenvalue weighted by atomic mass is 9.78. The molecule has 114 valence electrons. The maximum Gasteiger partial charge on any atom is 0.222 e. The SMILES string of the molecule is Cc1ccc(CCC(=O)N2CCC3(CCNCC3)C2)cc1. The Kier molecular flexibility index (Phi) is 4.29. The molecule has 3 rings (SSSR count). The highest BCUT2D eigenvalue weighted by molar-refractivity contribution is 5.76. The van der Waals surface area contributed by atoms with Crippen molar-refractivity contribution in [2.24, 2.45) is 5.41 Å². The van der Waals surface area contributed by atoms with Crippen molar-refractivity contribution in [1.82, 2.24) is 10.2 Å². The number of hydrogen-bond acceptors (Lipinski definition) is 2. The molecule has 0 atom stereocenters. The molecule has 2 heterocycles. The van der Waals surface area contributed by atoms with Gasteiger partial charge >= 0.3 is 0 Å². The maximum absolute atomic E-state index is 12.4. The van der Waals surface area contributed by atoms with E-state index in [1.165, 1.54) is 30.4 Å². The first-order valence-corrected chi connectivity index (χ1v) is 8.21. The Morgan fingerprint density at radius 1 is 1.19 bits per heavy atom. The second-order valence-corrected chi connectivity index (χ2v) is 6.80. The summed E-state index contributed by atoms with van der Waals surface area (Å²) < 4.78 is 0. The number of likely N-dealkylation sites (tertiary alicyclic amines) is 1. The second-order valence-electron chi connectivity index (χ2n) is 6.80. The van der Waals surface area contributed by atoms with Crippen molar-refractivity contribution in [2.45, 2.75) is 39.0 Å². The molecule has 1 N–H and O–H groups in total. The van der Waals surface area contributed by atoms with Crippen LogP contribution in [0.3, 0.4) is 0 Å². The van der Waals surface area contributed by atoms with Crippen LogP contribution in [0.4, 0.5) is 0 Å². The van der Waals surface area contributed by atoms with Crippen LogP contribution in [0.1, 0.15) is 36.8 Å². The van der Waals surface area contributed by atoms with Crippen molar-refractivity contribution in [2.75, 3.05) is 26.2 Å². The fourth-order valence-corrected chi connectivity index (χ4v) is 3.68. The molecule has 1 spiro atoms. The lowest BCUT2D eigenvalue weighted by Crippen LogP contribution is -2.39. The molecule has 0 saturated carbocycles. The zero-order valence-electron chi connectivity index (χ0n) is 13.0. The van der Waals surface area contributed by atoms with Crippen molar-refractivity contribution < 1.29 is 4.79 Å². The molecule has 1 amide bonds. The van der Waals surface area contributed by atoms with Gasteiger partial charge in [-0.3, -0.25) is 4.79 Å². The standard InChI is InChI=1S/C18H26N2O/c1-15-2-4-16(5-3-15)6-7-17(21)20-13-10-18(14-20)8-11-19-12-9-18/h2-5,19H,6-14H2,1H3. The summed E-state index contributed by atoms with van der Waals surface area (Å²) in [7, 11) is 0. The fourth-order valence-electron chi connectivity index (χ4n) is 3.68. The molecule has 0 aliphatic carbocycles. The Morgan fingerprint density at radius 3 is 2.62 bits per heavy atom. The highest BCUT2D eigenvalue weighted by Crippen LogP contribution is 2.38. The highest BCUT2D eigenvalue weighted by Gasteiger charge is 2.40. The van der Waals surface area contributed by atoms with Gasteiger partial charge in [-0.05, 0) is 56.7 Å². The van der Waals surface area contributed by atoms with E-state index in [2.05, 4.69) is 41.4 Å². The molecule has 2 aliphatic rings. The summed E-state index contributed by atoms with van der Waals surface area (Å²) in [4.78, 5) is 14.5. The molecular formula is C18H26N2O. The predicted octanol–water partition coefficient (Wildman–Crippen LogP) is 2.53. The average Bonchev–Trinajstić information content (AvgIpc) is 2.91. The minimum atomic E-state index is 0.339. The van der Waals surface area contributed by atoms with E-state index in [9.17, 15) is 4.79 Å². The summed E-state index contributed by atoms with van der Waals surface area (Å²) in [5, 5.41) is 3.43. The summed E-state index contributed by atoms with van der Waals surface area (Å²) in [6, 6.07) is 8.53. The highest BCUT2D eigenvalue weighted by atomic mass is 16.2. The molecule has 3 nitrogen and oxygen atoms in total. The lowest BCUT2D eigenvalue weighted by Gasteiger charge is -2.33. The third-order valence-corrected chi connectivity index (χ3v) is 5.20. The molecule has 0 radical (unpaired) electrons. The topological polar surface area (TPSA) is 32.3 Å². The van der Waals surface area contributed by atoms with Gasteiger partial charge in [0, 0.05) is 19.5 Å². The van der Waals surface area contributed by atoms with Gasteiger partial charge in [-0.25, -0.2) is 0 Å². The number of benzene rings is 1. The number of carbonyl (C=O) groups excluding carboxylic acids is 1. The number of carbonyl (C=O) groups is 1. The summed E-state index contributed by atoms with van der Waals surface area (Å²) in [5.41, 5.74) is 2.97. The van der Waals surface area contributed by atoms with Gasteiger partial charge in [0.2, 0.25) is 5.91 Å². The monoisotopic (exact) mass is 286 g/mol. The summed E-state index contributed by atoms with van der Waals surface area (Å²) in [5.74, 6) is 0.339. The molecule has 3 heteroatoms. The van der Waals surface area contributed by atoms with E-state index in [4.69, 9.17) is 0 Å². The van der Waals surface area contributed by atoms with Gasteiger partial charge < -0.3 is 10.2 Å². The Hall–Kier alpha value is -1.35. The zero-order valence-corrected chi connectivity index (χ0v) is 13.0. The minimum Gasteiger partial charge on any atom is -0.342 e. The van der Waals surface area contributed by atoms with Crippen LogP contribution in [0.25, 0.3) is 0 Å². The molecule has 0 aromatic heterocycles. The molecule has 2 aliphatic heterocycles. The molecule has 1 aromatic rings. The van der Waals surface area contributed by atoms with Crippen molar-refractivity contribution in [3.05, 3.63) is 35.4 Å². The first-order chi connectivity index (χ1) is 10.2. The number of piperidine rings is 1. The van der Waals surface area contributed by atoms with Crippen molar-refractivity contribution in [3.8, 4) is 0 Å². The second kappa shape index (κ2) is 6.18. The van der Waals surface area contributed by atoms with Crippen LogP contribution in [0.15, 0.2) is 24.3 Å². The number of hydrogen-bond donors (Lipinski definition) is 1. The van der Waals surface area contributed by atoms with Crippen LogP contribution < -0.4 is 5.32 Å². The van der Waals surface area contributed by atoms with E-state index >= 15 is 0 Å². The summed E-state index contributed by atoms with van der Waals surface area (Å²) in [6.45, 7) is 6.28. The third kappa shape index (κ3) is 3.46. The van der Waals surface area contributed by atoms with Crippen molar-refractivity contribution in [3.63, 3.8) is 0 Å². The van der Waals surface area contributed by atoms with Crippen LogP contribution in [0.5, 0.6) is 0 Å². The van der Waals surface area contributed by atoms with Gasteiger partial charge in [0.05, 0.1) is 0 Å². The smallest absolute Gasteiger partial charge is 0.222 e.